The summed E-state index contributed by atoms with van der Waals surface area (Å²) in [4.78, 5) is 40.4. The molecule has 7 nitrogen and oxygen atoms in total. The van der Waals surface area contributed by atoms with E-state index >= 15 is 0 Å². The van der Waals surface area contributed by atoms with Crippen LogP contribution in [0.2, 0.25) is 0 Å². The van der Waals surface area contributed by atoms with Crippen molar-refractivity contribution in [3.05, 3.63) is 0 Å². The van der Waals surface area contributed by atoms with Crippen molar-refractivity contribution in [3.8, 4) is 0 Å². The van der Waals surface area contributed by atoms with E-state index in [0.717, 1.165) is 37.4 Å². The van der Waals surface area contributed by atoms with Crippen LogP contribution >= 0.6 is 0 Å². The first kappa shape index (κ1) is 19.7. The van der Waals surface area contributed by atoms with Crippen LogP contribution in [-0.2, 0) is 9.59 Å². The second-order valence-electron chi connectivity index (χ2n) is 7.65. The number of nitrogens with one attached hydrogen (secondary N) is 2. The maximum Gasteiger partial charge on any atom is 0.325 e. The molecule has 0 aliphatic carbocycles. The minimum atomic E-state index is -0.848. The Morgan fingerprint density at radius 2 is 1.84 bits per heavy atom. The van der Waals surface area contributed by atoms with Gasteiger partial charge in [-0.2, -0.15) is 0 Å². The molecule has 2 aliphatic heterocycles. The van der Waals surface area contributed by atoms with Gasteiger partial charge < -0.3 is 15.5 Å². The first-order valence-corrected chi connectivity index (χ1v) is 9.47. The average Bonchev–Trinajstić information content (AvgIpc) is 2.81. The fourth-order valence-electron chi connectivity index (χ4n) is 3.74. The number of hydrogen-bond donors (Lipinski definition) is 2. The lowest BCUT2D eigenvalue weighted by Gasteiger charge is -2.33. The highest BCUT2D eigenvalue weighted by atomic mass is 16.2. The third kappa shape index (κ3) is 4.51. The van der Waals surface area contributed by atoms with Gasteiger partial charge in [-0.05, 0) is 31.6 Å². The number of likely N-dealkylation sites (tertiary alicyclic amines) is 1. The molecule has 0 atom stereocenters. The van der Waals surface area contributed by atoms with Crippen molar-refractivity contribution in [2.24, 2.45) is 5.92 Å². The molecule has 0 bridgehead atoms. The summed E-state index contributed by atoms with van der Waals surface area (Å²) in [6.07, 6.45) is 2.87. The van der Waals surface area contributed by atoms with Crippen LogP contribution in [0.25, 0.3) is 0 Å². The number of carbonyl (C=O) groups excluding carboxylic acids is 3. The predicted molar refractivity (Wildman–Crippen MR) is 96.0 cm³/mol. The molecular formula is C18H32N4O3. The van der Waals surface area contributed by atoms with E-state index in [1.807, 2.05) is 13.8 Å². The van der Waals surface area contributed by atoms with Gasteiger partial charge in [-0.25, -0.2) is 4.79 Å². The second-order valence-corrected chi connectivity index (χ2v) is 7.65. The molecule has 4 amide bonds. The van der Waals surface area contributed by atoms with Crippen LogP contribution in [0, 0.1) is 5.92 Å². The lowest BCUT2D eigenvalue weighted by atomic mass is 9.93. The smallest absolute Gasteiger partial charge is 0.325 e. The van der Waals surface area contributed by atoms with Crippen molar-refractivity contribution < 1.29 is 14.4 Å². The molecule has 7 heteroatoms. The normalized spacial score (nSPS) is 21.7. The van der Waals surface area contributed by atoms with Crippen molar-refractivity contribution in [2.45, 2.75) is 65.0 Å². The third-order valence-corrected chi connectivity index (χ3v) is 5.33. The first-order valence-electron chi connectivity index (χ1n) is 9.47. The SMILES string of the molecule is CCC1(CC)NC(=O)N(CC(=O)NC2CCN(CC(C)C)CC2)C1=O. The van der Waals surface area contributed by atoms with Crippen LogP contribution in [0.3, 0.4) is 0 Å². The van der Waals surface area contributed by atoms with Crippen molar-refractivity contribution in [1.82, 2.24) is 20.4 Å². The number of amides is 4. The lowest BCUT2D eigenvalue weighted by Crippen LogP contribution is -2.49. The molecule has 2 rings (SSSR count). The summed E-state index contributed by atoms with van der Waals surface area (Å²) in [6.45, 7) is 11.0. The summed E-state index contributed by atoms with van der Waals surface area (Å²) < 4.78 is 0. The van der Waals surface area contributed by atoms with Gasteiger partial charge in [0.2, 0.25) is 5.91 Å². The van der Waals surface area contributed by atoms with Crippen molar-refractivity contribution in [2.75, 3.05) is 26.2 Å². The van der Waals surface area contributed by atoms with Gasteiger partial charge in [0.15, 0.2) is 0 Å². The quantitative estimate of drug-likeness (QED) is 0.678. The monoisotopic (exact) mass is 352 g/mol. The van der Waals surface area contributed by atoms with Crippen LogP contribution in [0.4, 0.5) is 4.79 Å². The van der Waals surface area contributed by atoms with E-state index in [0.29, 0.717) is 18.8 Å². The zero-order chi connectivity index (χ0) is 18.6. The maximum absolute atomic E-state index is 12.5. The van der Waals surface area contributed by atoms with Crippen LogP contribution < -0.4 is 10.6 Å². The van der Waals surface area contributed by atoms with E-state index in [-0.39, 0.29) is 24.4 Å². The first-order chi connectivity index (χ1) is 11.8. The Labute approximate surface area is 150 Å². The molecule has 0 radical (unpaired) electrons. The summed E-state index contributed by atoms with van der Waals surface area (Å²) in [5, 5.41) is 5.73. The fourth-order valence-corrected chi connectivity index (χ4v) is 3.74. The Balaban J connectivity index is 1.83. The van der Waals surface area contributed by atoms with Crippen LogP contribution in [0.5, 0.6) is 0 Å². The van der Waals surface area contributed by atoms with Gasteiger partial charge in [0, 0.05) is 25.7 Å². The van der Waals surface area contributed by atoms with Gasteiger partial charge in [-0.3, -0.25) is 14.5 Å². The Morgan fingerprint density at radius 3 is 2.32 bits per heavy atom. The number of nitrogens with zero attached hydrogens (tertiary/aromatic N) is 2. The molecule has 2 N–H and O–H groups in total. The van der Waals surface area contributed by atoms with E-state index in [9.17, 15) is 14.4 Å². The molecule has 2 fully saturated rings. The van der Waals surface area contributed by atoms with Gasteiger partial charge in [-0.15, -0.1) is 0 Å². The molecule has 25 heavy (non-hydrogen) atoms. The highest BCUT2D eigenvalue weighted by Gasteiger charge is 2.49. The lowest BCUT2D eigenvalue weighted by molar-refractivity contribution is -0.135. The molecule has 0 spiro atoms. The highest BCUT2D eigenvalue weighted by molar-refractivity contribution is 6.08. The number of hydrogen-bond acceptors (Lipinski definition) is 4. The van der Waals surface area contributed by atoms with E-state index in [1.165, 1.54) is 0 Å². The Hall–Kier alpha value is -1.63. The van der Waals surface area contributed by atoms with E-state index in [4.69, 9.17) is 0 Å². The molecule has 2 aliphatic rings. The maximum atomic E-state index is 12.5. The predicted octanol–water partition coefficient (Wildman–Crippen LogP) is 1.33. The van der Waals surface area contributed by atoms with E-state index in [2.05, 4.69) is 29.4 Å². The average molecular weight is 352 g/mol. The van der Waals surface area contributed by atoms with Gasteiger partial charge in [-0.1, -0.05) is 27.7 Å². The molecule has 0 aromatic rings. The molecule has 0 aromatic carbocycles. The number of carbonyl (C=O) groups is 3. The molecule has 2 saturated heterocycles. The number of urea groups is 1. The summed E-state index contributed by atoms with van der Waals surface area (Å²) >= 11 is 0. The highest BCUT2D eigenvalue weighted by Crippen LogP contribution is 2.24. The topological polar surface area (TPSA) is 81.8 Å². The van der Waals surface area contributed by atoms with E-state index in [1.54, 1.807) is 0 Å². The summed E-state index contributed by atoms with van der Waals surface area (Å²) in [7, 11) is 0. The molecular weight excluding hydrogens is 320 g/mol. The second kappa shape index (κ2) is 8.17. The zero-order valence-corrected chi connectivity index (χ0v) is 15.9. The van der Waals surface area contributed by atoms with Gasteiger partial charge in [0.25, 0.3) is 5.91 Å². The number of rotatable bonds is 7. The standard InChI is InChI=1S/C18H32N4O3/c1-5-18(6-2)16(24)22(17(25)20-18)12-15(23)19-14-7-9-21(10-8-14)11-13(3)4/h13-14H,5-12H2,1-4H3,(H,19,23)(H,20,25). The fraction of sp³-hybridized carbons (Fsp3) is 0.833. The van der Waals surface area contributed by atoms with Crippen molar-refractivity contribution in [1.29, 1.82) is 0 Å². The molecule has 142 valence electrons. The number of imide groups is 1. The Morgan fingerprint density at radius 1 is 1.24 bits per heavy atom. The van der Waals surface area contributed by atoms with Gasteiger partial charge in [0.1, 0.15) is 12.1 Å². The van der Waals surface area contributed by atoms with Crippen LogP contribution in [0.1, 0.15) is 53.4 Å². The Kier molecular flexibility index (Phi) is 6.43. The summed E-state index contributed by atoms with van der Waals surface area (Å²) in [5.41, 5.74) is -0.848. The van der Waals surface area contributed by atoms with Crippen molar-refractivity contribution in [3.63, 3.8) is 0 Å². The molecule has 0 aromatic heterocycles. The largest absolute Gasteiger partial charge is 0.352 e. The van der Waals surface area contributed by atoms with Crippen LogP contribution in [-0.4, -0.2) is 65.4 Å². The van der Waals surface area contributed by atoms with E-state index < -0.39 is 11.6 Å². The summed E-state index contributed by atoms with van der Waals surface area (Å²) in [6, 6.07) is -0.339. The van der Waals surface area contributed by atoms with Gasteiger partial charge in [0.05, 0.1) is 0 Å². The molecule has 0 unspecified atom stereocenters. The number of piperidine rings is 1. The minimum absolute atomic E-state index is 0.124. The van der Waals surface area contributed by atoms with Crippen molar-refractivity contribution >= 4 is 17.8 Å². The summed E-state index contributed by atoms with van der Waals surface area (Å²) in [5.74, 6) is 0.0986. The third-order valence-electron chi connectivity index (χ3n) is 5.33. The molecule has 2 heterocycles. The Bertz CT molecular complexity index is 508. The van der Waals surface area contributed by atoms with Crippen LogP contribution in [0.15, 0.2) is 0 Å². The molecule has 0 saturated carbocycles. The van der Waals surface area contributed by atoms with Gasteiger partial charge >= 0.3 is 6.03 Å². The minimum Gasteiger partial charge on any atom is -0.352 e. The zero-order valence-electron chi connectivity index (χ0n) is 15.9.